The van der Waals surface area contributed by atoms with Crippen LogP contribution in [0.1, 0.15) is 17.6 Å². The summed E-state index contributed by atoms with van der Waals surface area (Å²) in [5.41, 5.74) is 0. The van der Waals surface area contributed by atoms with Crippen molar-refractivity contribution >= 4 is 21.4 Å². The second-order valence-corrected chi connectivity index (χ2v) is 6.38. The molecule has 0 radical (unpaired) electrons. The predicted octanol–water partition coefficient (Wildman–Crippen LogP) is -0.151. The smallest absolute Gasteiger partial charge is 0.242 e. The third-order valence-electron chi connectivity index (χ3n) is 2.34. The van der Waals surface area contributed by atoms with Crippen molar-refractivity contribution in [2.75, 3.05) is 6.54 Å². The number of hydrogen-bond donors (Lipinski definition) is 3. The van der Waals surface area contributed by atoms with E-state index in [4.69, 9.17) is 0 Å². The summed E-state index contributed by atoms with van der Waals surface area (Å²) in [6.45, 7) is 3.30. The minimum absolute atomic E-state index is 0.00925. The van der Waals surface area contributed by atoms with Crippen LogP contribution < -0.4 is 10.0 Å². The van der Waals surface area contributed by atoms with Crippen LogP contribution in [0.25, 0.3) is 0 Å². The van der Waals surface area contributed by atoms with E-state index in [1.54, 1.807) is 11.4 Å². The van der Waals surface area contributed by atoms with Crippen molar-refractivity contribution in [3.8, 4) is 0 Å². The van der Waals surface area contributed by atoms with Crippen LogP contribution >= 0.6 is 11.3 Å². The number of nitrogens with one attached hydrogen (secondary N) is 3. The number of aromatic nitrogens is 4. The summed E-state index contributed by atoms with van der Waals surface area (Å²) in [4.78, 5) is 1.07. The Labute approximate surface area is 114 Å². The molecule has 3 N–H and O–H groups in total. The first kappa shape index (κ1) is 14.1. The molecule has 0 bridgehead atoms. The highest BCUT2D eigenvalue weighted by molar-refractivity contribution is 7.89. The van der Waals surface area contributed by atoms with Crippen molar-refractivity contribution in [1.82, 2.24) is 30.7 Å². The molecule has 2 rings (SSSR count). The highest BCUT2D eigenvalue weighted by atomic mass is 32.2. The fraction of sp³-hybridized carbons (Fsp3) is 0.444. The topological polar surface area (TPSA) is 113 Å². The molecule has 0 aliphatic rings. The molecule has 8 nitrogen and oxygen atoms in total. The molecule has 19 heavy (non-hydrogen) atoms. The van der Waals surface area contributed by atoms with Gasteiger partial charge in [-0.25, -0.2) is 13.1 Å². The van der Waals surface area contributed by atoms with Gasteiger partial charge in [-0.1, -0.05) is 12.1 Å². The average molecular weight is 302 g/mol. The minimum atomic E-state index is -3.56. The maximum absolute atomic E-state index is 12.2. The molecule has 0 saturated heterocycles. The molecule has 0 fully saturated rings. The second-order valence-electron chi connectivity index (χ2n) is 3.64. The first-order valence-electron chi connectivity index (χ1n) is 5.62. The zero-order valence-electron chi connectivity index (χ0n) is 10.3. The van der Waals surface area contributed by atoms with Crippen molar-refractivity contribution in [3.05, 3.63) is 22.1 Å². The largest absolute Gasteiger partial charge is 0.312 e. The SMILES string of the molecule is CCNCc1sccc1S(=O)(=O)NCc1nn[nH]n1. The summed E-state index contributed by atoms with van der Waals surface area (Å²) in [6.07, 6.45) is 0. The molecule has 104 valence electrons. The lowest BCUT2D eigenvalue weighted by atomic mass is 10.4. The fourth-order valence-corrected chi connectivity index (χ4v) is 3.82. The Bertz CT molecular complexity index is 606. The number of aromatic amines is 1. The van der Waals surface area contributed by atoms with Crippen LogP contribution in [0.3, 0.4) is 0 Å². The highest BCUT2D eigenvalue weighted by Crippen LogP contribution is 2.21. The van der Waals surface area contributed by atoms with Gasteiger partial charge in [0.1, 0.15) is 0 Å². The van der Waals surface area contributed by atoms with E-state index in [0.717, 1.165) is 11.4 Å². The molecule has 0 atom stereocenters. The summed E-state index contributed by atoms with van der Waals surface area (Å²) in [6, 6.07) is 1.59. The molecule has 0 amide bonds. The lowest BCUT2D eigenvalue weighted by molar-refractivity contribution is 0.577. The van der Waals surface area contributed by atoms with E-state index < -0.39 is 10.0 Å². The van der Waals surface area contributed by atoms with E-state index in [1.807, 2.05) is 6.92 Å². The van der Waals surface area contributed by atoms with Gasteiger partial charge >= 0.3 is 0 Å². The van der Waals surface area contributed by atoms with Gasteiger partial charge in [0.15, 0.2) is 5.82 Å². The van der Waals surface area contributed by atoms with Crippen LogP contribution in [0.15, 0.2) is 16.3 Å². The average Bonchev–Trinajstić information content (AvgIpc) is 3.05. The van der Waals surface area contributed by atoms with Gasteiger partial charge in [0.25, 0.3) is 0 Å². The molecular formula is C9H14N6O2S2. The van der Waals surface area contributed by atoms with Gasteiger partial charge in [-0.3, -0.25) is 0 Å². The Morgan fingerprint density at radius 3 is 2.95 bits per heavy atom. The van der Waals surface area contributed by atoms with Crippen molar-refractivity contribution in [2.24, 2.45) is 0 Å². The van der Waals surface area contributed by atoms with Crippen LogP contribution in [0.5, 0.6) is 0 Å². The van der Waals surface area contributed by atoms with Gasteiger partial charge in [-0.2, -0.15) is 5.21 Å². The normalized spacial score (nSPS) is 11.8. The zero-order valence-corrected chi connectivity index (χ0v) is 11.9. The Kier molecular flexibility index (Phi) is 4.58. The summed E-state index contributed by atoms with van der Waals surface area (Å²) in [5, 5.41) is 17.9. The Morgan fingerprint density at radius 1 is 1.42 bits per heavy atom. The number of sulfonamides is 1. The van der Waals surface area contributed by atoms with Gasteiger partial charge < -0.3 is 5.32 Å². The monoisotopic (exact) mass is 302 g/mol. The summed E-state index contributed by atoms with van der Waals surface area (Å²) >= 11 is 1.41. The van der Waals surface area contributed by atoms with Gasteiger partial charge in [0, 0.05) is 11.4 Å². The molecule has 2 heterocycles. The number of rotatable bonds is 7. The molecule has 0 unspecified atom stereocenters. The van der Waals surface area contributed by atoms with Crippen LogP contribution in [-0.4, -0.2) is 35.6 Å². The minimum Gasteiger partial charge on any atom is -0.312 e. The molecule has 2 aromatic rings. The quantitative estimate of drug-likeness (QED) is 0.655. The van der Waals surface area contributed by atoms with E-state index in [2.05, 4.69) is 30.7 Å². The first-order valence-corrected chi connectivity index (χ1v) is 7.99. The molecule has 0 spiro atoms. The summed E-state index contributed by atoms with van der Waals surface area (Å²) in [5.74, 6) is 0.298. The number of tetrazole rings is 1. The van der Waals surface area contributed by atoms with E-state index in [1.165, 1.54) is 11.3 Å². The Morgan fingerprint density at radius 2 is 2.26 bits per heavy atom. The molecule has 0 aliphatic carbocycles. The third kappa shape index (κ3) is 3.56. The predicted molar refractivity (Wildman–Crippen MR) is 69.9 cm³/mol. The number of hydrogen-bond acceptors (Lipinski definition) is 7. The number of H-pyrrole nitrogens is 1. The molecule has 2 aromatic heterocycles. The van der Waals surface area contributed by atoms with Gasteiger partial charge in [-0.05, 0) is 18.0 Å². The third-order valence-corrected chi connectivity index (χ3v) is 4.88. The van der Waals surface area contributed by atoms with Gasteiger partial charge in [-0.15, -0.1) is 21.5 Å². The number of thiophene rings is 1. The van der Waals surface area contributed by atoms with Crippen molar-refractivity contribution in [2.45, 2.75) is 24.9 Å². The Balaban J connectivity index is 2.08. The molecule has 10 heteroatoms. The lowest BCUT2D eigenvalue weighted by Crippen LogP contribution is -2.25. The summed E-state index contributed by atoms with van der Waals surface area (Å²) in [7, 11) is -3.56. The highest BCUT2D eigenvalue weighted by Gasteiger charge is 2.19. The van der Waals surface area contributed by atoms with Crippen LogP contribution in [0.2, 0.25) is 0 Å². The Hall–Kier alpha value is -1.36. The van der Waals surface area contributed by atoms with Crippen molar-refractivity contribution < 1.29 is 8.42 Å². The van der Waals surface area contributed by atoms with Crippen LogP contribution in [-0.2, 0) is 23.1 Å². The second kappa shape index (κ2) is 6.19. The van der Waals surface area contributed by atoms with E-state index >= 15 is 0 Å². The molecule has 0 aliphatic heterocycles. The summed E-state index contributed by atoms with van der Waals surface area (Å²) < 4.78 is 26.8. The zero-order chi connectivity index (χ0) is 13.7. The van der Waals surface area contributed by atoms with E-state index in [9.17, 15) is 8.42 Å². The van der Waals surface area contributed by atoms with Gasteiger partial charge in [0.2, 0.25) is 10.0 Å². The standard InChI is InChI=1S/C9H14N6O2S2/c1-2-10-5-7-8(3-4-18-7)19(16,17)11-6-9-12-14-15-13-9/h3-4,10-11H,2,5-6H2,1H3,(H,12,13,14,15). The maximum Gasteiger partial charge on any atom is 0.242 e. The molecule has 0 aromatic carbocycles. The van der Waals surface area contributed by atoms with E-state index in [0.29, 0.717) is 17.3 Å². The van der Waals surface area contributed by atoms with E-state index in [-0.39, 0.29) is 6.54 Å². The van der Waals surface area contributed by atoms with Crippen molar-refractivity contribution in [1.29, 1.82) is 0 Å². The molecular weight excluding hydrogens is 288 g/mol. The molecule has 0 saturated carbocycles. The first-order chi connectivity index (χ1) is 9.13. The maximum atomic E-state index is 12.2. The lowest BCUT2D eigenvalue weighted by Gasteiger charge is -2.06. The fourth-order valence-electron chi connectivity index (χ4n) is 1.43. The van der Waals surface area contributed by atoms with Crippen LogP contribution in [0, 0.1) is 0 Å². The van der Waals surface area contributed by atoms with Gasteiger partial charge in [0.05, 0.1) is 11.4 Å². The van der Waals surface area contributed by atoms with Crippen molar-refractivity contribution in [3.63, 3.8) is 0 Å². The van der Waals surface area contributed by atoms with Crippen LogP contribution in [0.4, 0.5) is 0 Å². The number of nitrogens with zero attached hydrogens (tertiary/aromatic N) is 3.